The molecule has 1 aromatic carbocycles. The van der Waals surface area contributed by atoms with E-state index in [2.05, 4.69) is 15.5 Å². The monoisotopic (exact) mass is 296 g/mol. The summed E-state index contributed by atoms with van der Waals surface area (Å²) >= 11 is 0. The van der Waals surface area contributed by atoms with E-state index >= 15 is 0 Å². The van der Waals surface area contributed by atoms with E-state index in [1.54, 1.807) is 34.9 Å². The number of hydrogen-bond acceptors (Lipinski definition) is 3. The Bertz CT molecular complexity index is 852. The molecule has 0 bridgehead atoms. The molecule has 1 aliphatic carbocycles. The molecule has 0 unspecified atom stereocenters. The molecule has 0 radical (unpaired) electrons. The van der Waals surface area contributed by atoms with Crippen LogP contribution in [0.15, 0.2) is 42.6 Å². The highest BCUT2D eigenvalue weighted by molar-refractivity contribution is 6.00. The van der Waals surface area contributed by atoms with Crippen LogP contribution >= 0.6 is 0 Å². The zero-order chi connectivity index (χ0) is 15.1. The number of carbonyl (C=O) groups is 1. The normalized spacial score (nSPS) is 14.2. The minimum Gasteiger partial charge on any atom is -0.349 e. The molecule has 22 heavy (non-hydrogen) atoms. The van der Waals surface area contributed by atoms with Crippen LogP contribution in [0.4, 0.5) is 4.39 Å². The van der Waals surface area contributed by atoms with E-state index in [1.807, 2.05) is 0 Å². The Morgan fingerprint density at radius 3 is 2.68 bits per heavy atom. The van der Waals surface area contributed by atoms with Gasteiger partial charge < -0.3 is 5.32 Å². The Labute approximate surface area is 125 Å². The molecule has 4 rings (SSSR count). The van der Waals surface area contributed by atoms with Gasteiger partial charge in [0, 0.05) is 17.8 Å². The lowest BCUT2D eigenvalue weighted by molar-refractivity contribution is 0.0952. The highest BCUT2D eigenvalue weighted by Crippen LogP contribution is 2.22. The van der Waals surface area contributed by atoms with Gasteiger partial charge in [-0.25, -0.2) is 4.39 Å². The molecule has 5 nitrogen and oxygen atoms in total. The predicted octanol–water partition coefficient (Wildman–Crippen LogP) is 2.43. The third-order valence-electron chi connectivity index (χ3n) is 3.69. The largest absolute Gasteiger partial charge is 0.349 e. The Morgan fingerprint density at radius 1 is 1.18 bits per heavy atom. The van der Waals surface area contributed by atoms with E-state index < -0.39 is 0 Å². The number of benzene rings is 1. The number of nitrogens with one attached hydrogen (secondary N) is 1. The maximum Gasteiger partial charge on any atom is 0.255 e. The van der Waals surface area contributed by atoms with Crippen LogP contribution in [0.5, 0.6) is 0 Å². The number of amides is 1. The quantitative estimate of drug-likeness (QED) is 0.807. The van der Waals surface area contributed by atoms with Crippen LogP contribution in [0.25, 0.3) is 17.0 Å². The van der Waals surface area contributed by atoms with Crippen LogP contribution in [0, 0.1) is 5.82 Å². The molecule has 0 aliphatic heterocycles. The smallest absolute Gasteiger partial charge is 0.255 e. The lowest BCUT2D eigenvalue weighted by Crippen LogP contribution is -2.25. The number of carbonyl (C=O) groups excluding carboxylic acids is 1. The fourth-order valence-corrected chi connectivity index (χ4v) is 2.38. The SMILES string of the molecule is O=C(NC1CC1)c1cccn2c(-c3ccc(F)cc3)nnc12. The molecular weight excluding hydrogens is 283 g/mol. The standard InChI is InChI=1S/C16H13FN4O/c17-11-5-3-10(4-6-11)14-19-20-15-13(2-1-9-21(14)15)16(22)18-12-7-8-12/h1-6,9,12H,7-8H2,(H,18,22). The summed E-state index contributed by atoms with van der Waals surface area (Å²) in [6.45, 7) is 0. The second-order valence-corrected chi connectivity index (χ2v) is 5.39. The van der Waals surface area contributed by atoms with Gasteiger partial charge in [0.2, 0.25) is 0 Å². The average Bonchev–Trinajstić information content (AvgIpc) is 3.23. The highest BCUT2D eigenvalue weighted by Gasteiger charge is 2.25. The number of rotatable bonds is 3. The molecule has 1 saturated carbocycles. The van der Waals surface area contributed by atoms with Crippen molar-refractivity contribution in [2.75, 3.05) is 0 Å². The Morgan fingerprint density at radius 2 is 1.95 bits per heavy atom. The number of aromatic nitrogens is 3. The first kappa shape index (κ1) is 12.9. The van der Waals surface area contributed by atoms with Crippen molar-refractivity contribution in [1.82, 2.24) is 19.9 Å². The molecule has 6 heteroatoms. The first-order chi connectivity index (χ1) is 10.7. The van der Waals surface area contributed by atoms with Crippen molar-refractivity contribution in [2.45, 2.75) is 18.9 Å². The van der Waals surface area contributed by atoms with Crippen LogP contribution in [-0.4, -0.2) is 26.5 Å². The predicted molar refractivity (Wildman–Crippen MR) is 78.9 cm³/mol. The van der Waals surface area contributed by atoms with Gasteiger partial charge >= 0.3 is 0 Å². The van der Waals surface area contributed by atoms with Crippen LogP contribution in [0.2, 0.25) is 0 Å². The molecule has 1 fully saturated rings. The van der Waals surface area contributed by atoms with Gasteiger partial charge in [-0.05, 0) is 49.2 Å². The Balaban J connectivity index is 1.78. The fourth-order valence-electron chi connectivity index (χ4n) is 2.38. The molecule has 1 N–H and O–H groups in total. The minimum absolute atomic E-state index is 0.133. The Hall–Kier alpha value is -2.76. The van der Waals surface area contributed by atoms with Gasteiger partial charge in [-0.3, -0.25) is 9.20 Å². The van der Waals surface area contributed by atoms with Gasteiger partial charge in [0.25, 0.3) is 5.91 Å². The molecule has 110 valence electrons. The summed E-state index contributed by atoms with van der Waals surface area (Å²) in [6.07, 6.45) is 3.85. The van der Waals surface area contributed by atoms with Crippen LogP contribution in [0.3, 0.4) is 0 Å². The molecule has 0 spiro atoms. The zero-order valence-electron chi connectivity index (χ0n) is 11.7. The summed E-state index contributed by atoms with van der Waals surface area (Å²) < 4.78 is 14.8. The first-order valence-electron chi connectivity index (χ1n) is 7.13. The summed E-state index contributed by atoms with van der Waals surface area (Å²) in [7, 11) is 0. The van der Waals surface area contributed by atoms with Crippen LogP contribution in [0.1, 0.15) is 23.2 Å². The average molecular weight is 296 g/mol. The maximum atomic E-state index is 13.0. The second-order valence-electron chi connectivity index (χ2n) is 5.39. The van der Waals surface area contributed by atoms with E-state index in [-0.39, 0.29) is 17.8 Å². The van der Waals surface area contributed by atoms with E-state index in [0.29, 0.717) is 17.0 Å². The number of fused-ring (bicyclic) bond motifs is 1. The van der Waals surface area contributed by atoms with Crippen molar-refractivity contribution >= 4 is 11.6 Å². The van der Waals surface area contributed by atoms with Crippen molar-refractivity contribution in [1.29, 1.82) is 0 Å². The number of hydrogen-bond donors (Lipinski definition) is 1. The fraction of sp³-hybridized carbons (Fsp3) is 0.188. The summed E-state index contributed by atoms with van der Waals surface area (Å²) in [5.74, 6) is 0.143. The summed E-state index contributed by atoms with van der Waals surface area (Å²) in [4.78, 5) is 12.3. The van der Waals surface area contributed by atoms with Gasteiger partial charge in [-0.2, -0.15) is 0 Å². The number of nitrogens with zero attached hydrogens (tertiary/aromatic N) is 3. The zero-order valence-corrected chi connectivity index (χ0v) is 11.7. The van der Waals surface area contributed by atoms with Gasteiger partial charge in [-0.15, -0.1) is 10.2 Å². The number of pyridine rings is 1. The van der Waals surface area contributed by atoms with Crippen LogP contribution in [-0.2, 0) is 0 Å². The minimum atomic E-state index is -0.304. The highest BCUT2D eigenvalue weighted by atomic mass is 19.1. The number of halogens is 1. The molecule has 2 aromatic heterocycles. The van der Waals surface area contributed by atoms with E-state index in [0.717, 1.165) is 18.4 Å². The van der Waals surface area contributed by atoms with E-state index in [9.17, 15) is 9.18 Å². The summed E-state index contributed by atoms with van der Waals surface area (Å²) in [6, 6.07) is 9.83. The molecule has 1 aliphatic rings. The second kappa shape index (κ2) is 4.91. The molecule has 1 amide bonds. The van der Waals surface area contributed by atoms with Crippen molar-refractivity contribution in [3.63, 3.8) is 0 Å². The molecule has 0 saturated heterocycles. The van der Waals surface area contributed by atoms with Crippen molar-refractivity contribution < 1.29 is 9.18 Å². The maximum absolute atomic E-state index is 13.0. The molecular formula is C16H13FN4O. The third-order valence-corrected chi connectivity index (χ3v) is 3.69. The lowest BCUT2D eigenvalue weighted by atomic mass is 10.2. The molecule has 3 aromatic rings. The Kier molecular flexibility index (Phi) is 2.89. The third kappa shape index (κ3) is 2.22. The van der Waals surface area contributed by atoms with Crippen LogP contribution < -0.4 is 5.32 Å². The van der Waals surface area contributed by atoms with Crippen molar-refractivity contribution in [3.8, 4) is 11.4 Å². The topological polar surface area (TPSA) is 59.3 Å². The van der Waals surface area contributed by atoms with E-state index in [4.69, 9.17) is 0 Å². The van der Waals surface area contributed by atoms with Gasteiger partial charge in [0.15, 0.2) is 11.5 Å². The first-order valence-corrected chi connectivity index (χ1v) is 7.13. The van der Waals surface area contributed by atoms with E-state index in [1.165, 1.54) is 12.1 Å². The van der Waals surface area contributed by atoms with Gasteiger partial charge in [0.1, 0.15) is 5.82 Å². The van der Waals surface area contributed by atoms with Gasteiger partial charge in [0.05, 0.1) is 5.56 Å². The van der Waals surface area contributed by atoms with Gasteiger partial charge in [-0.1, -0.05) is 0 Å². The molecule has 2 heterocycles. The summed E-state index contributed by atoms with van der Waals surface area (Å²) in [5, 5.41) is 11.2. The lowest BCUT2D eigenvalue weighted by Gasteiger charge is -2.05. The van der Waals surface area contributed by atoms with Crippen molar-refractivity contribution in [3.05, 3.63) is 54.0 Å². The molecule has 0 atom stereocenters. The summed E-state index contributed by atoms with van der Waals surface area (Å²) in [5.41, 5.74) is 1.74. The van der Waals surface area contributed by atoms with Crippen molar-refractivity contribution in [2.24, 2.45) is 0 Å².